The van der Waals surface area contributed by atoms with Crippen molar-refractivity contribution in [1.82, 2.24) is 4.98 Å². The van der Waals surface area contributed by atoms with Crippen LogP contribution in [0.15, 0.2) is 41.0 Å². The van der Waals surface area contributed by atoms with Gasteiger partial charge in [0.05, 0.1) is 5.69 Å². The quantitative estimate of drug-likeness (QED) is 0.824. The SMILES string of the molecule is Fc1ccccc1N1CCN(c2ncc(Br)cc2F)CC1. The second kappa shape index (κ2) is 5.97. The summed E-state index contributed by atoms with van der Waals surface area (Å²) >= 11 is 3.20. The zero-order chi connectivity index (χ0) is 14.8. The Kier molecular flexibility index (Phi) is 4.05. The van der Waals surface area contributed by atoms with Gasteiger partial charge in [-0.1, -0.05) is 12.1 Å². The Morgan fingerprint density at radius 1 is 0.952 bits per heavy atom. The number of hydrogen-bond donors (Lipinski definition) is 0. The molecule has 1 fully saturated rings. The van der Waals surface area contributed by atoms with Gasteiger partial charge >= 0.3 is 0 Å². The number of halogens is 3. The van der Waals surface area contributed by atoms with E-state index in [0.29, 0.717) is 42.2 Å². The van der Waals surface area contributed by atoms with Crippen LogP contribution in [0, 0.1) is 11.6 Å². The van der Waals surface area contributed by atoms with Gasteiger partial charge in [0.2, 0.25) is 0 Å². The van der Waals surface area contributed by atoms with E-state index in [4.69, 9.17) is 0 Å². The highest BCUT2D eigenvalue weighted by atomic mass is 79.9. The van der Waals surface area contributed by atoms with E-state index in [9.17, 15) is 8.78 Å². The first-order chi connectivity index (χ1) is 10.1. The third-order valence-corrected chi connectivity index (χ3v) is 3.99. The van der Waals surface area contributed by atoms with Gasteiger partial charge in [-0.15, -0.1) is 0 Å². The average molecular weight is 354 g/mol. The standard InChI is InChI=1S/C15H14BrF2N3/c16-11-9-13(18)15(19-10-11)21-7-5-20(6-8-21)14-4-2-1-3-12(14)17/h1-4,9-10H,5-8H2. The molecule has 0 N–H and O–H groups in total. The number of rotatable bonds is 2. The molecule has 1 aromatic carbocycles. The number of anilines is 2. The minimum absolute atomic E-state index is 0.223. The molecule has 2 aromatic rings. The highest BCUT2D eigenvalue weighted by molar-refractivity contribution is 9.10. The van der Waals surface area contributed by atoms with E-state index in [0.717, 1.165) is 0 Å². The third kappa shape index (κ3) is 3.00. The smallest absolute Gasteiger partial charge is 0.166 e. The molecule has 0 saturated carbocycles. The van der Waals surface area contributed by atoms with Gasteiger partial charge in [-0.25, -0.2) is 13.8 Å². The van der Waals surface area contributed by atoms with Gasteiger partial charge in [0.1, 0.15) is 5.82 Å². The highest BCUT2D eigenvalue weighted by Gasteiger charge is 2.22. The average Bonchev–Trinajstić information content (AvgIpc) is 2.48. The molecule has 0 unspecified atom stereocenters. The van der Waals surface area contributed by atoms with Crippen LogP contribution in [0.2, 0.25) is 0 Å². The number of nitrogens with zero attached hydrogens (tertiary/aromatic N) is 3. The van der Waals surface area contributed by atoms with Gasteiger partial charge < -0.3 is 9.80 Å². The van der Waals surface area contributed by atoms with Gasteiger partial charge in [0.15, 0.2) is 11.6 Å². The topological polar surface area (TPSA) is 19.4 Å². The lowest BCUT2D eigenvalue weighted by molar-refractivity contribution is 0.575. The third-order valence-electron chi connectivity index (χ3n) is 3.56. The van der Waals surface area contributed by atoms with Gasteiger partial charge in [0, 0.05) is 36.8 Å². The summed E-state index contributed by atoms with van der Waals surface area (Å²) in [5, 5.41) is 0. The second-order valence-corrected chi connectivity index (χ2v) is 5.80. The predicted molar refractivity (Wildman–Crippen MR) is 82.7 cm³/mol. The number of piperazine rings is 1. The van der Waals surface area contributed by atoms with Crippen LogP contribution < -0.4 is 9.80 Å². The molecule has 6 heteroatoms. The van der Waals surface area contributed by atoms with Crippen molar-refractivity contribution in [3.05, 3.63) is 52.6 Å². The molecule has 3 rings (SSSR count). The summed E-state index contributed by atoms with van der Waals surface area (Å²) < 4.78 is 28.3. The Labute approximate surface area is 130 Å². The van der Waals surface area contributed by atoms with Crippen molar-refractivity contribution in [1.29, 1.82) is 0 Å². The Morgan fingerprint density at radius 3 is 2.29 bits per heavy atom. The van der Waals surface area contributed by atoms with Crippen molar-refractivity contribution in [2.45, 2.75) is 0 Å². The highest BCUT2D eigenvalue weighted by Crippen LogP contribution is 2.24. The molecule has 0 amide bonds. The fraction of sp³-hybridized carbons (Fsp3) is 0.267. The first kappa shape index (κ1) is 14.3. The monoisotopic (exact) mass is 353 g/mol. The summed E-state index contributed by atoms with van der Waals surface area (Å²) in [7, 11) is 0. The summed E-state index contributed by atoms with van der Waals surface area (Å²) in [5.74, 6) is -0.214. The molecule has 0 atom stereocenters. The van der Waals surface area contributed by atoms with Crippen LogP contribution in [0.5, 0.6) is 0 Å². The first-order valence-corrected chi connectivity index (χ1v) is 7.50. The van der Waals surface area contributed by atoms with Gasteiger partial charge in [0.25, 0.3) is 0 Å². The lowest BCUT2D eigenvalue weighted by Crippen LogP contribution is -2.47. The predicted octanol–water partition coefficient (Wildman–Crippen LogP) is 3.45. The maximum absolute atomic E-state index is 13.9. The van der Waals surface area contributed by atoms with E-state index in [1.165, 1.54) is 12.1 Å². The van der Waals surface area contributed by atoms with E-state index in [2.05, 4.69) is 20.9 Å². The van der Waals surface area contributed by atoms with Crippen LogP contribution in [0.4, 0.5) is 20.3 Å². The molecule has 0 radical (unpaired) electrons. The van der Waals surface area contributed by atoms with E-state index >= 15 is 0 Å². The summed E-state index contributed by atoms with van der Waals surface area (Å²) in [6.45, 7) is 2.50. The largest absolute Gasteiger partial charge is 0.366 e. The zero-order valence-electron chi connectivity index (χ0n) is 11.3. The maximum atomic E-state index is 13.9. The molecular weight excluding hydrogens is 340 g/mol. The Hall–Kier alpha value is -1.69. The number of benzene rings is 1. The van der Waals surface area contributed by atoms with Gasteiger partial charge in [-0.2, -0.15) is 0 Å². The van der Waals surface area contributed by atoms with E-state index in [-0.39, 0.29) is 11.6 Å². The van der Waals surface area contributed by atoms with Crippen molar-refractivity contribution in [3.63, 3.8) is 0 Å². The molecule has 1 saturated heterocycles. The van der Waals surface area contributed by atoms with Gasteiger partial charge in [-0.3, -0.25) is 0 Å². The summed E-state index contributed by atoms with van der Waals surface area (Å²) in [4.78, 5) is 7.99. The van der Waals surface area contributed by atoms with Crippen molar-refractivity contribution < 1.29 is 8.78 Å². The molecule has 2 heterocycles. The Balaban J connectivity index is 1.72. The molecule has 0 spiro atoms. The molecule has 0 bridgehead atoms. The summed E-state index contributed by atoms with van der Waals surface area (Å²) in [6, 6.07) is 8.13. The van der Waals surface area contributed by atoms with Crippen molar-refractivity contribution in [2.75, 3.05) is 36.0 Å². The van der Waals surface area contributed by atoms with E-state index < -0.39 is 0 Å². The van der Waals surface area contributed by atoms with E-state index in [1.54, 1.807) is 18.3 Å². The molecular formula is C15H14BrF2N3. The number of pyridine rings is 1. The Bertz CT molecular complexity index is 643. The summed E-state index contributed by atoms with van der Waals surface area (Å²) in [6.07, 6.45) is 1.58. The lowest BCUT2D eigenvalue weighted by atomic mass is 10.2. The second-order valence-electron chi connectivity index (χ2n) is 4.88. The molecule has 3 nitrogen and oxygen atoms in total. The van der Waals surface area contributed by atoms with E-state index in [1.807, 2.05) is 15.9 Å². The van der Waals surface area contributed by atoms with Crippen LogP contribution in [0.1, 0.15) is 0 Å². The maximum Gasteiger partial charge on any atom is 0.166 e. The van der Waals surface area contributed by atoms with Crippen molar-refractivity contribution in [3.8, 4) is 0 Å². The zero-order valence-corrected chi connectivity index (χ0v) is 12.9. The van der Waals surface area contributed by atoms with Gasteiger partial charge in [-0.05, 0) is 34.1 Å². The lowest BCUT2D eigenvalue weighted by Gasteiger charge is -2.36. The minimum atomic E-state index is -0.344. The molecule has 21 heavy (non-hydrogen) atoms. The number of hydrogen-bond acceptors (Lipinski definition) is 3. The fourth-order valence-corrected chi connectivity index (χ4v) is 2.81. The van der Waals surface area contributed by atoms with Crippen LogP contribution in [0.25, 0.3) is 0 Å². The van der Waals surface area contributed by atoms with Crippen molar-refractivity contribution >= 4 is 27.4 Å². The van der Waals surface area contributed by atoms with Crippen molar-refractivity contribution in [2.24, 2.45) is 0 Å². The summed E-state index contributed by atoms with van der Waals surface area (Å²) in [5.41, 5.74) is 0.599. The van der Waals surface area contributed by atoms with Crippen LogP contribution in [-0.4, -0.2) is 31.2 Å². The number of aromatic nitrogens is 1. The first-order valence-electron chi connectivity index (χ1n) is 6.70. The molecule has 1 aromatic heterocycles. The normalized spacial score (nSPS) is 15.4. The van der Waals surface area contributed by atoms with Crippen LogP contribution >= 0.6 is 15.9 Å². The molecule has 0 aliphatic carbocycles. The fourth-order valence-electron chi connectivity index (χ4n) is 2.51. The molecule has 1 aliphatic rings. The van der Waals surface area contributed by atoms with Crippen LogP contribution in [0.3, 0.4) is 0 Å². The number of para-hydroxylation sites is 1. The molecule has 1 aliphatic heterocycles. The minimum Gasteiger partial charge on any atom is -0.366 e. The molecule has 110 valence electrons. The van der Waals surface area contributed by atoms with Crippen LogP contribution in [-0.2, 0) is 0 Å². The Morgan fingerprint density at radius 2 is 1.62 bits per heavy atom.